The highest BCUT2D eigenvalue weighted by atomic mass is 35.5. The van der Waals surface area contributed by atoms with Gasteiger partial charge in [-0.3, -0.25) is 10.1 Å². The van der Waals surface area contributed by atoms with Crippen molar-refractivity contribution < 1.29 is 9.66 Å². The first-order valence-corrected chi connectivity index (χ1v) is 7.62. The molecular weight excluding hydrogens is 334 g/mol. The Morgan fingerprint density at radius 2 is 2.33 bits per heavy atom. The van der Waals surface area contributed by atoms with E-state index in [1.54, 1.807) is 19.1 Å². The number of benzene rings is 1. The van der Waals surface area contributed by atoms with Crippen LogP contribution in [0.25, 0.3) is 0 Å². The minimum atomic E-state index is -0.436. The van der Waals surface area contributed by atoms with Gasteiger partial charge >= 0.3 is 5.69 Å². The molecule has 0 amide bonds. The predicted octanol–water partition coefficient (Wildman–Crippen LogP) is 2.47. The van der Waals surface area contributed by atoms with E-state index in [0.29, 0.717) is 30.4 Å². The molecule has 0 atom stereocenters. The number of hydrogen-bond donors (Lipinski definition) is 2. The van der Waals surface area contributed by atoms with Crippen LogP contribution < -0.4 is 15.5 Å². The highest BCUT2D eigenvalue weighted by Gasteiger charge is 2.17. The van der Waals surface area contributed by atoms with Gasteiger partial charge in [-0.05, 0) is 25.5 Å². The van der Waals surface area contributed by atoms with Gasteiger partial charge in [0.2, 0.25) is 5.96 Å². The third-order valence-corrected chi connectivity index (χ3v) is 3.33. The zero-order chi connectivity index (χ0) is 16.7. The van der Waals surface area contributed by atoms with Crippen molar-refractivity contribution in [1.29, 1.82) is 0 Å². The van der Waals surface area contributed by atoms with Gasteiger partial charge in [0.05, 0.1) is 23.8 Å². The Kier molecular flexibility index (Phi) is 7.97. The van der Waals surface area contributed by atoms with E-state index in [-0.39, 0.29) is 23.8 Å². The molecule has 0 aliphatic carbocycles. The number of hydrazone groups is 1. The van der Waals surface area contributed by atoms with Crippen LogP contribution in [0.2, 0.25) is 0 Å². The van der Waals surface area contributed by atoms with E-state index in [1.165, 1.54) is 6.07 Å². The molecule has 9 heteroatoms. The topological polar surface area (TPSA) is 101 Å². The van der Waals surface area contributed by atoms with Crippen LogP contribution >= 0.6 is 12.4 Å². The molecule has 0 saturated carbocycles. The molecular formula is C15H22ClN5O3. The second-order valence-electron chi connectivity index (χ2n) is 5.11. The molecule has 132 valence electrons. The van der Waals surface area contributed by atoms with Crippen LogP contribution in [-0.4, -0.2) is 36.3 Å². The summed E-state index contributed by atoms with van der Waals surface area (Å²) in [6.07, 6.45) is 1.83. The largest absolute Gasteiger partial charge is 0.487 e. The number of hydrogen-bond acceptors (Lipinski definition) is 7. The normalized spacial score (nSPS) is 13.6. The maximum absolute atomic E-state index is 11.2. The van der Waals surface area contributed by atoms with E-state index in [1.807, 2.05) is 6.92 Å². The summed E-state index contributed by atoms with van der Waals surface area (Å²) in [6.45, 7) is 5.78. The third kappa shape index (κ3) is 5.38. The highest BCUT2D eigenvalue weighted by molar-refractivity contribution is 6.00. The highest BCUT2D eigenvalue weighted by Crippen LogP contribution is 2.28. The van der Waals surface area contributed by atoms with Crippen molar-refractivity contribution in [2.45, 2.75) is 26.7 Å². The number of nitrogens with zero attached hydrogens (tertiary/aromatic N) is 3. The van der Waals surface area contributed by atoms with Crippen LogP contribution in [0.15, 0.2) is 28.3 Å². The number of nitrogens with one attached hydrogen (secondary N) is 2. The summed E-state index contributed by atoms with van der Waals surface area (Å²) in [5.41, 5.74) is 4.05. The van der Waals surface area contributed by atoms with Crippen LogP contribution in [0.4, 0.5) is 5.69 Å². The lowest BCUT2D eigenvalue weighted by Gasteiger charge is -2.08. The third-order valence-electron chi connectivity index (χ3n) is 3.33. The Morgan fingerprint density at radius 1 is 1.54 bits per heavy atom. The van der Waals surface area contributed by atoms with Crippen LogP contribution in [0, 0.1) is 10.1 Å². The van der Waals surface area contributed by atoms with Crippen molar-refractivity contribution in [3.63, 3.8) is 0 Å². The van der Waals surface area contributed by atoms with Gasteiger partial charge in [0.15, 0.2) is 5.75 Å². The van der Waals surface area contributed by atoms with Gasteiger partial charge in [0, 0.05) is 18.2 Å². The van der Waals surface area contributed by atoms with Crippen molar-refractivity contribution in [1.82, 2.24) is 10.7 Å². The SMILES string of the molecule is CCCCOc1ccc(/C(C)=N/NC2=NCCN2)cc1[N+](=O)[O-].Cl. The Morgan fingerprint density at radius 3 is 2.96 bits per heavy atom. The summed E-state index contributed by atoms with van der Waals surface area (Å²) in [4.78, 5) is 15.0. The predicted molar refractivity (Wildman–Crippen MR) is 96.4 cm³/mol. The van der Waals surface area contributed by atoms with Gasteiger partial charge in [-0.2, -0.15) is 5.10 Å². The Labute approximate surface area is 146 Å². The quantitative estimate of drug-likeness (QED) is 0.338. The fraction of sp³-hybridized carbons (Fsp3) is 0.467. The van der Waals surface area contributed by atoms with Crippen LogP contribution in [-0.2, 0) is 0 Å². The lowest BCUT2D eigenvalue weighted by molar-refractivity contribution is -0.385. The molecule has 1 aliphatic rings. The fourth-order valence-corrected chi connectivity index (χ4v) is 2.01. The second-order valence-corrected chi connectivity index (χ2v) is 5.11. The Bertz CT molecular complexity index is 634. The zero-order valence-electron chi connectivity index (χ0n) is 13.7. The van der Waals surface area contributed by atoms with Crippen molar-refractivity contribution in [2.24, 2.45) is 10.1 Å². The maximum Gasteiger partial charge on any atom is 0.311 e. The van der Waals surface area contributed by atoms with Crippen molar-refractivity contribution in [3.8, 4) is 5.75 Å². The first-order valence-electron chi connectivity index (χ1n) is 7.62. The smallest absolute Gasteiger partial charge is 0.311 e. The number of halogens is 1. The van der Waals surface area contributed by atoms with Crippen molar-refractivity contribution in [3.05, 3.63) is 33.9 Å². The average Bonchev–Trinajstić information content (AvgIpc) is 3.06. The first kappa shape index (κ1) is 19.7. The molecule has 0 saturated heterocycles. The average molecular weight is 356 g/mol. The summed E-state index contributed by atoms with van der Waals surface area (Å²) in [6, 6.07) is 4.86. The molecule has 0 aromatic heterocycles. The van der Waals surface area contributed by atoms with E-state index in [0.717, 1.165) is 19.4 Å². The lowest BCUT2D eigenvalue weighted by atomic mass is 10.1. The molecule has 1 aromatic carbocycles. The number of rotatable bonds is 7. The summed E-state index contributed by atoms with van der Waals surface area (Å²) >= 11 is 0. The number of aliphatic imine (C=N–C) groups is 1. The molecule has 0 spiro atoms. The van der Waals surface area contributed by atoms with Gasteiger partial charge in [0.1, 0.15) is 0 Å². The molecule has 0 unspecified atom stereocenters. The fourth-order valence-electron chi connectivity index (χ4n) is 2.01. The summed E-state index contributed by atoms with van der Waals surface area (Å²) in [7, 11) is 0. The number of guanidine groups is 1. The van der Waals surface area contributed by atoms with Crippen LogP contribution in [0.1, 0.15) is 32.3 Å². The first-order chi connectivity index (χ1) is 11.1. The zero-order valence-corrected chi connectivity index (χ0v) is 14.6. The summed E-state index contributed by atoms with van der Waals surface area (Å²) < 4.78 is 5.49. The minimum absolute atomic E-state index is 0. The summed E-state index contributed by atoms with van der Waals surface area (Å²) in [5, 5.41) is 18.5. The van der Waals surface area contributed by atoms with Gasteiger partial charge in [-0.25, -0.2) is 10.4 Å². The second kappa shape index (κ2) is 9.71. The number of unbranched alkanes of at least 4 members (excludes halogenated alkanes) is 1. The lowest BCUT2D eigenvalue weighted by Crippen LogP contribution is -2.30. The molecule has 1 aromatic rings. The molecule has 0 fully saturated rings. The number of nitro groups is 1. The molecule has 24 heavy (non-hydrogen) atoms. The van der Waals surface area contributed by atoms with Crippen molar-refractivity contribution >= 4 is 29.8 Å². The molecule has 1 aliphatic heterocycles. The van der Waals surface area contributed by atoms with E-state index in [9.17, 15) is 10.1 Å². The molecule has 2 N–H and O–H groups in total. The number of ether oxygens (including phenoxy) is 1. The number of nitro benzene ring substituents is 1. The Hall–Kier alpha value is -2.35. The molecule has 1 heterocycles. The van der Waals surface area contributed by atoms with Gasteiger partial charge in [-0.1, -0.05) is 13.3 Å². The molecule has 0 radical (unpaired) electrons. The van der Waals surface area contributed by atoms with Crippen LogP contribution in [0.3, 0.4) is 0 Å². The van der Waals surface area contributed by atoms with E-state index in [4.69, 9.17) is 4.74 Å². The van der Waals surface area contributed by atoms with Gasteiger partial charge in [0.25, 0.3) is 0 Å². The minimum Gasteiger partial charge on any atom is -0.487 e. The van der Waals surface area contributed by atoms with Crippen LogP contribution in [0.5, 0.6) is 5.75 Å². The van der Waals surface area contributed by atoms with Crippen molar-refractivity contribution in [2.75, 3.05) is 19.7 Å². The maximum atomic E-state index is 11.2. The Balaban J connectivity index is 0.00000288. The van der Waals surface area contributed by atoms with Gasteiger partial charge in [-0.15, -0.1) is 12.4 Å². The summed E-state index contributed by atoms with van der Waals surface area (Å²) in [5.74, 6) is 0.896. The molecule has 8 nitrogen and oxygen atoms in total. The van der Waals surface area contributed by atoms with E-state index < -0.39 is 4.92 Å². The monoisotopic (exact) mass is 355 g/mol. The van der Waals surface area contributed by atoms with Gasteiger partial charge < -0.3 is 10.1 Å². The van der Waals surface area contributed by atoms with E-state index in [2.05, 4.69) is 20.8 Å². The van der Waals surface area contributed by atoms with E-state index >= 15 is 0 Å². The molecule has 2 rings (SSSR count). The molecule has 0 bridgehead atoms. The standard InChI is InChI=1S/C15H21N5O3.ClH/c1-3-4-9-23-14-6-5-12(10-13(14)20(21)22)11(2)18-19-15-16-7-8-17-15;/h5-6,10H,3-4,7-9H2,1-2H3,(H2,16,17,19);1H/b18-11+;.